The highest BCUT2D eigenvalue weighted by molar-refractivity contribution is 9.10. The minimum Gasteiger partial charge on any atom is -0.371 e. The summed E-state index contributed by atoms with van der Waals surface area (Å²) in [6.45, 7) is 2.27. The summed E-state index contributed by atoms with van der Waals surface area (Å²) in [6.07, 6.45) is -0.0137. The average Bonchev–Trinajstić information content (AvgIpc) is 2.97. The fourth-order valence-electron chi connectivity index (χ4n) is 2.30. The van der Waals surface area contributed by atoms with Crippen LogP contribution in [0.25, 0.3) is 10.2 Å². The average molecular weight is 391 g/mol. The molecule has 2 heterocycles. The van der Waals surface area contributed by atoms with Crippen LogP contribution in [0.3, 0.4) is 0 Å². The van der Waals surface area contributed by atoms with Gasteiger partial charge in [0, 0.05) is 4.47 Å². The molecule has 5 nitrogen and oxygen atoms in total. The van der Waals surface area contributed by atoms with Crippen molar-refractivity contribution in [2.24, 2.45) is 0 Å². The van der Waals surface area contributed by atoms with Gasteiger partial charge in [-0.2, -0.15) is 0 Å². The molecule has 2 amide bonds. The number of aliphatic hydroxyl groups is 1. The first-order valence-corrected chi connectivity index (χ1v) is 8.60. The van der Waals surface area contributed by atoms with E-state index in [-0.39, 0.29) is 18.6 Å². The molecule has 1 saturated heterocycles. The van der Waals surface area contributed by atoms with Crippen molar-refractivity contribution in [3.63, 3.8) is 0 Å². The van der Waals surface area contributed by atoms with Crippen LogP contribution in [-0.4, -0.2) is 39.8 Å². The van der Waals surface area contributed by atoms with Gasteiger partial charge >= 0.3 is 6.03 Å². The van der Waals surface area contributed by atoms with Gasteiger partial charge in [-0.1, -0.05) is 34.2 Å². The van der Waals surface area contributed by atoms with Crippen molar-refractivity contribution in [2.45, 2.75) is 19.6 Å². The van der Waals surface area contributed by atoms with E-state index < -0.39 is 6.23 Å². The van der Waals surface area contributed by atoms with Crippen LogP contribution in [-0.2, 0) is 6.42 Å². The predicted molar refractivity (Wildman–Crippen MR) is 88.0 cm³/mol. The molecule has 0 aliphatic carbocycles. The van der Waals surface area contributed by atoms with Crippen molar-refractivity contribution in [1.29, 1.82) is 0 Å². The highest BCUT2D eigenvalue weighted by atomic mass is 79.9. The summed E-state index contributed by atoms with van der Waals surface area (Å²) >= 11 is 10.6. The summed E-state index contributed by atoms with van der Waals surface area (Å²) in [5, 5.41) is 10.6. The van der Waals surface area contributed by atoms with E-state index in [1.165, 1.54) is 21.1 Å². The molecule has 1 fully saturated rings. The normalized spacial score (nSPS) is 19.0. The van der Waals surface area contributed by atoms with Gasteiger partial charge in [0.1, 0.15) is 0 Å². The Morgan fingerprint density at radius 1 is 1.57 bits per heavy atom. The third-order valence-electron chi connectivity index (χ3n) is 3.43. The number of urea groups is 1. The Kier molecular flexibility index (Phi) is 4.09. The van der Waals surface area contributed by atoms with Gasteiger partial charge in [0.25, 0.3) is 0 Å². The monoisotopic (exact) mass is 389 g/mol. The van der Waals surface area contributed by atoms with Gasteiger partial charge in [0.05, 0.1) is 22.8 Å². The first-order chi connectivity index (χ1) is 10.0. The zero-order valence-electron chi connectivity index (χ0n) is 11.2. The smallest absolute Gasteiger partial charge is 0.329 e. The number of fused-ring (bicyclic) bond motifs is 1. The van der Waals surface area contributed by atoms with Gasteiger partial charge in [0.2, 0.25) is 0 Å². The van der Waals surface area contributed by atoms with Crippen molar-refractivity contribution in [3.05, 3.63) is 22.2 Å². The van der Waals surface area contributed by atoms with Gasteiger partial charge in [-0.25, -0.2) is 14.7 Å². The second-order valence-corrected chi connectivity index (χ2v) is 6.84. The van der Waals surface area contributed by atoms with Crippen LogP contribution in [0, 0.1) is 0 Å². The number of nitrogens with zero attached hydrogens (tertiary/aromatic N) is 3. The fourth-order valence-corrected chi connectivity index (χ4v) is 4.30. The van der Waals surface area contributed by atoms with E-state index in [4.69, 9.17) is 11.6 Å². The zero-order valence-corrected chi connectivity index (χ0v) is 14.4. The Morgan fingerprint density at radius 3 is 2.95 bits per heavy atom. The molecule has 0 bridgehead atoms. The predicted octanol–water partition coefficient (Wildman–Crippen LogP) is 3.38. The molecule has 112 valence electrons. The van der Waals surface area contributed by atoms with E-state index in [0.29, 0.717) is 5.13 Å². The Labute approximate surface area is 139 Å². The number of aliphatic hydroxyl groups excluding tert-OH is 1. The number of aromatic nitrogens is 1. The molecule has 0 radical (unpaired) electrons. The van der Waals surface area contributed by atoms with E-state index in [1.807, 2.05) is 12.1 Å². The lowest BCUT2D eigenvalue weighted by molar-refractivity contribution is 0.182. The number of benzene rings is 1. The molecule has 0 spiro atoms. The number of rotatable bonds is 3. The molecule has 1 aliphatic rings. The summed E-state index contributed by atoms with van der Waals surface area (Å²) in [6, 6.07) is 3.75. The summed E-state index contributed by atoms with van der Waals surface area (Å²) < 4.78 is 2.00. The number of carbonyl (C=O) groups is 1. The van der Waals surface area contributed by atoms with Crippen LogP contribution < -0.4 is 4.90 Å². The lowest BCUT2D eigenvalue weighted by Crippen LogP contribution is -2.34. The third kappa shape index (κ3) is 2.52. The Morgan fingerprint density at radius 2 is 2.33 bits per heavy atom. The van der Waals surface area contributed by atoms with Gasteiger partial charge in [0.15, 0.2) is 11.4 Å². The van der Waals surface area contributed by atoms with Gasteiger partial charge in [-0.05, 0) is 24.1 Å². The Bertz CT molecular complexity index is 708. The van der Waals surface area contributed by atoms with Gasteiger partial charge < -0.3 is 10.0 Å². The van der Waals surface area contributed by atoms with Crippen LogP contribution in [0.1, 0.15) is 12.5 Å². The molecular weight excluding hydrogens is 378 g/mol. The van der Waals surface area contributed by atoms with E-state index in [9.17, 15) is 9.90 Å². The number of aryl methyl sites for hydroxylation is 1. The summed E-state index contributed by atoms with van der Waals surface area (Å²) in [5.41, 5.74) is 1.99. The maximum atomic E-state index is 12.2. The Hall–Kier alpha value is -0.890. The van der Waals surface area contributed by atoms with E-state index in [2.05, 4.69) is 27.8 Å². The first kappa shape index (κ1) is 15.0. The minimum absolute atomic E-state index is 0.0584. The number of hydrogen-bond donors (Lipinski definition) is 1. The van der Waals surface area contributed by atoms with Crippen LogP contribution in [0.15, 0.2) is 16.6 Å². The second kappa shape index (κ2) is 5.72. The largest absolute Gasteiger partial charge is 0.371 e. The number of thiazole rings is 1. The van der Waals surface area contributed by atoms with E-state index in [1.54, 1.807) is 0 Å². The van der Waals surface area contributed by atoms with Gasteiger partial charge in [-0.3, -0.25) is 0 Å². The number of β-amino-alcohol motifs (C(OH)–C–C–N with tert-alkyl or cyclic N) is 1. The number of amides is 2. The van der Waals surface area contributed by atoms with E-state index >= 15 is 0 Å². The van der Waals surface area contributed by atoms with Crippen molar-refractivity contribution in [3.8, 4) is 0 Å². The quantitative estimate of drug-likeness (QED) is 0.646. The molecule has 1 aromatic heterocycles. The second-order valence-electron chi connectivity index (χ2n) is 4.74. The summed E-state index contributed by atoms with van der Waals surface area (Å²) in [7, 11) is 0. The van der Waals surface area contributed by atoms with Crippen LogP contribution >= 0.6 is 38.9 Å². The minimum atomic E-state index is -0.911. The molecular formula is C13H13BrClN3O2S. The lowest BCUT2D eigenvalue weighted by atomic mass is 10.2. The molecule has 1 atom stereocenters. The van der Waals surface area contributed by atoms with Crippen LogP contribution in [0.2, 0.25) is 0 Å². The number of carbonyl (C=O) groups excluding carboxylic acids is 1. The van der Waals surface area contributed by atoms with Crippen LogP contribution in [0.4, 0.5) is 9.93 Å². The standard InChI is InChI=1S/C13H13BrClN3O2S/c1-2-7-3-9-10(4-8(7)14)21-12(16-9)18-11(19)5-17(6-15)13(18)20/h3-4,11,19H,2,5-6H2,1H3. The molecule has 1 unspecified atom stereocenters. The molecule has 21 heavy (non-hydrogen) atoms. The third-order valence-corrected chi connectivity index (χ3v) is 5.48. The molecule has 3 rings (SSSR count). The molecule has 1 aromatic carbocycles. The van der Waals surface area contributed by atoms with E-state index in [0.717, 1.165) is 26.7 Å². The first-order valence-electron chi connectivity index (χ1n) is 6.46. The highest BCUT2D eigenvalue weighted by Gasteiger charge is 2.38. The SMILES string of the molecule is CCc1cc2nc(N3C(=O)N(CCl)CC3O)sc2cc1Br. The summed E-state index contributed by atoms with van der Waals surface area (Å²) in [4.78, 5) is 19.3. The van der Waals surface area contributed by atoms with Crippen molar-refractivity contribution in [2.75, 3.05) is 17.4 Å². The number of alkyl halides is 1. The number of halogens is 2. The maximum absolute atomic E-state index is 12.2. The Balaban J connectivity index is 2.03. The maximum Gasteiger partial charge on any atom is 0.329 e. The molecule has 1 N–H and O–H groups in total. The molecule has 1 aliphatic heterocycles. The van der Waals surface area contributed by atoms with Gasteiger partial charge in [-0.15, -0.1) is 11.6 Å². The molecule has 8 heteroatoms. The number of hydrogen-bond acceptors (Lipinski definition) is 4. The molecule has 2 aromatic rings. The zero-order chi connectivity index (χ0) is 15.1. The molecule has 0 saturated carbocycles. The fraction of sp³-hybridized carbons (Fsp3) is 0.385. The highest BCUT2D eigenvalue weighted by Crippen LogP contribution is 2.35. The van der Waals surface area contributed by atoms with Crippen molar-refractivity contribution >= 4 is 60.2 Å². The van der Waals surface area contributed by atoms with Crippen LogP contribution in [0.5, 0.6) is 0 Å². The lowest BCUT2D eigenvalue weighted by Gasteiger charge is -2.15. The topological polar surface area (TPSA) is 56.7 Å². The summed E-state index contributed by atoms with van der Waals surface area (Å²) in [5.74, 6) is 0. The van der Waals surface area contributed by atoms with Crippen molar-refractivity contribution < 1.29 is 9.90 Å². The number of anilines is 1. The van der Waals surface area contributed by atoms with Crippen molar-refractivity contribution in [1.82, 2.24) is 9.88 Å².